The van der Waals surface area contributed by atoms with Gasteiger partial charge in [-0.15, -0.1) is 0 Å². The summed E-state index contributed by atoms with van der Waals surface area (Å²) in [5, 5.41) is 0. The number of amides is 1. The summed E-state index contributed by atoms with van der Waals surface area (Å²) >= 11 is 0. The Kier molecular flexibility index (Phi) is 8.35. The molecule has 0 radical (unpaired) electrons. The first-order valence-corrected chi connectivity index (χ1v) is 12.1. The van der Waals surface area contributed by atoms with Crippen molar-refractivity contribution in [2.45, 2.75) is 12.5 Å². The Hall–Kier alpha value is -4.27. The molecule has 0 unspecified atom stereocenters. The molecule has 0 spiro atoms. The van der Waals surface area contributed by atoms with E-state index >= 15 is 0 Å². The topological polar surface area (TPSA) is 84.9 Å². The fraction of sp³-hybridized carbons (Fsp3) is 0.345. The maximum Gasteiger partial charge on any atom is 0.254 e. The molecule has 0 saturated heterocycles. The van der Waals surface area contributed by atoms with Crippen molar-refractivity contribution in [3.63, 3.8) is 0 Å². The summed E-state index contributed by atoms with van der Waals surface area (Å²) in [6.07, 6.45) is 0.636. The lowest BCUT2D eigenvalue weighted by atomic mass is 9.91. The number of carbonyl (C=O) groups is 1. The highest BCUT2D eigenvalue weighted by Gasteiger charge is 2.34. The molecule has 9 nitrogen and oxygen atoms in total. The van der Waals surface area contributed by atoms with Crippen LogP contribution in [0.5, 0.6) is 40.2 Å². The van der Waals surface area contributed by atoms with Gasteiger partial charge in [0.2, 0.25) is 5.75 Å². The third-order valence-corrected chi connectivity index (χ3v) is 6.64. The summed E-state index contributed by atoms with van der Waals surface area (Å²) in [4.78, 5) is 15.8. The highest BCUT2D eigenvalue weighted by Crippen LogP contribution is 2.42. The van der Waals surface area contributed by atoms with Crippen molar-refractivity contribution in [3.8, 4) is 40.2 Å². The lowest BCUT2D eigenvalue weighted by Gasteiger charge is -2.38. The van der Waals surface area contributed by atoms with Crippen LogP contribution in [0.2, 0.25) is 0 Å². The zero-order chi connectivity index (χ0) is 27.2. The molecule has 3 aromatic rings. The van der Waals surface area contributed by atoms with Crippen molar-refractivity contribution < 1.29 is 38.0 Å². The number of fused-ring (bicyclic) bond motifs is 1. The summed E-state index contributed by atoms with van der Waals surface area (Å²) in [7, 11) is 9.35. The summed E-state index contributed by atoms with van der Waals surface area (Å²) in [5.74, 6) is 3.44. The van der Waals surface area contributed by atoms with E-state index in [1.54, 1.807) is 38.4 Å². The molecule has 0 N–H and O–H groups in total. The number of rotatable bonds is 10. The van der Waals surface area contributed by atoms with Crippen LogP contribution >= 0.6 is 0 Å². The molecule has 202 valence electrons. The van der Waals surface area contributed by atoms with Gasteiger partial charge in [-0.1, -0.05) is 12.1 Å². The van der Waals surface area contributed by atoms with Gasteiger partial charge in [0, 0.05) is 12.1 Å². The van der Waals surface area contributed by atoms with E-state index in [1.807, 2.05) is 36.4 Å². The Morgan fingerprint density at radius 3 is 1.89 bits per heavy atom. The molecule has 0 saturated carbocycles. The average molecular weight is 524 g/mol. The van der Waals surface area contributed by atoms with E-state index in [0.29, 0.717) is 58.8 Å². The summed E-state index contributed by atoms with van der Waals surface area (Å²) < 4.78 is 39.2. The molecule has 0 bridgehead atoms. The van der Waals surface area contributed by atoms with Crippen molar-refractivity contribution in [1.82, 2.24) is 4.90 Å². The third kappa shape index (κ3) is 5.09. The zero-order valence-corrected chi connectivity index (χ0v) is 22.5. The molecule has 1 heterocycles. The minimum Gasteiger partial charge on any atom is -0.493 e. The van der Waals surface area contributed by atoms with Crippen molar-refractivity contribution in [3.05, 3.63) is 65.2 Å². The SMILES string of the molecule is COc1cc2c(cc1OC)[C@H](COc1ccccc1OC)N(C(=O)c1cc(OC)c(OC)c(OC)c1)CC2. The van der Waals surface area contributed by atoms with Gasteiger partial charge in [0.15, 0.2) is 34.5 Å². The molecule has 4 rings (SSSR count). The minimum absolute atomic E-state index is 0.193. The lowest BCUT2D eigenvalue weighted by Crippen LogP contribution is -2.42. The van der Waals surface area contributed by atoms with Crippen LogP contribution in [0, 0.1) is 0 Å². The standard InChI is InChI=1S/C29H33NO8/c1-32-22-9-7-8-10-23(22)38-17-21-20-16-25(34-3)24(33-2)13-18(20)11-12-30(21)29(31)19-14-26(35-4)28(37-6)27(15-19)36-5/h7-10,13-16,21H,11-12,17H2,1-6H3/t21-/m0/s1. The first-order valence-electron chi connectivity index (χ1n) is 12.1. The number of carbonyl (C=O) groups excluding carboxylic acids is 1. The lowest BCUT2D eigenvalue weighted by molar-refractivity contribution is 0.0586. The second kappa shape index (κ2) is 11.9. The van der Waals surface area contributed by atoms with Crippen molar-refractivity contribution in [2.75, 3.05) is 55.8 Å². The minimum atomic E-state index is -0.421. The fourth-order valence-electron chi connectivity index (χ4n) is 4.73. The van der Waals surface area contributed by atoms with Crippen LogP contribution in [0.25, 0.3) is 0 Å². The molecule has 0 aromatic heterocycles. The van der Waals surface area contributed by atoms with E-state index in [1.165, 1.54) is 21.3 Å². The van der Waals surface area contributed by atoms with Crippen LogP contribution in [0.1, 0.15) is 27.5 Å². The summed E-state index contributed by atoms with van der Waals surface area (Å²) in [6.45, 7) is 0.664. The Labute approximate surface area is 222 Å². The molecule has 38 heavy (non-hydrogen) atoms. The van der Waals surface area contributed by atoms with E-state index in [9.17, 15) is 4.79 Å². The van der Waals surface area contributed by atoms with Crippen LogP contribution in [-0.4, -0.2) is 66.6 Å². The van der Waals surface area contributed by atoms with Gasteiger partial charge in [0.25, 0.3) is 5.91 Å². The van der Waals surface area contributed by atoms with Crippen LogP contribution < -0.4 is 33.2 Å². The molecule has 1 atom stereocenters. The van der Waals surface area contributed by atoms with E-state index in [-0.39, 0.29) is 12.5 Å². The van der Waals surface area contributed by atoms with E-state index in [2.05, 4.69) is 0 Å². The predicted octanol–water partition coefficient (Wildman–Crippen LogP) is 4.56. The fourth-order valence-corrected chi connectivity index (χ4v) is 4.73. The molecular weight excluding hydrogens is 490 g/mol. The maximum atomic E-state index is 14.0. The van der Waals surface area contributed by atoms with Crippen LogP contribution in [0.3, 0.4) is 0 Å². The number of hydrogen-bond donors (Lipinski definition) is 0. The van der Waals surface area contributed by atoms with Gasteiger partial charge >= 0.3 is 0 Å². The maximum absolute atomic E-state index is 14.0. The molecule has 9 heteroatoms. The smallest absolute Gasteiger partial charge is 0.254 e. The average Bonchev–Trinajstić information content (AvgIpc) is 2.97. The highest BCUT2D eigenvalue weighted by atomic mass is 16.5. The summed E-state index contributed by atoms with van der Waals surface area (Å²) in [5.41, 5.74) is 2.39. The molecular formula is C29H33NO8. The first kappa shape index (κ1) is 26.8. The first-order chi connectivity index (χ1) is 18.5. The van der Waals surface area contributed by atoms with Gasteiger partial charge in [-0.3, -0.25) is 4.79 Å². The quantitative estimate of drug-likeness (QED) is 0.383. The van der Waals surface area contributed by atoms with Crippen LogP contribution in [-0.2, 0) is 6.42 Å². The normalized spacial score (nSPS) is 14.3. The number of methoxy groups -OCH3 is 6. The molecule has 0 aliphatic carbocycles. The Balaban J connectivity index is 1.76. The zero-order valence-electron chi connectivity index (χ0n) is 22.5. The van der Waals surface area contributed by atoms with E-state index < -0.39 is 6.04 Å². The Bertz CT molecular complexity index is 1270. The van der Waals surface area contributed by atoms with Crippen molar-refractivity contribution in [1.29, 1.82) is 0 Å². The number of para-hydroxylation sites is 2. The van der Waals surface area contributed by atoms with Gasteiger partial charge in [-0.25, -0.2) is 0 Å². The van der Waals surface area contributed by atoms with Crippen molar-refractivity contribution in [2.24, 2.45) is 0 Å². The molecule has 1 aliphatic rings. The molecule has 3 aromatic carbocycles. The number of benzene rings is 3. The number of nitrogens with zero attached hydrogens (tertiary/aromatic N) is 1. The Morgan fingerprint density at radius 1 is 0.737 bits per heavy atom. The van der Waals surface area contributed by atoms with Gasteiger partial charge in [0.1, 0.15) is 6.61 Å². The molecule has 1 amide bonds. The Morgan fingerprint density at radius 2 is 1.32 bits per heavy atom. The summed E-state index contributed by atoms with van der Waals surface area (Å²) in [6, 6.07) is 14.2. The van der Waals surface area contributed by atoms with E-state index in [0.717, 1.165) is 11.1 Å². The second-order valence-corrected chi connectivity index (χ2v) is 8.55. The van der Waals surface area contributed by atoms with Crippen LogP contribution in [0.15, 0.2) is 48.5 Å². The van der Waals surface area contributed by atoms with Crippen LogP contribution in [0.4, 0.5) is 0 Å². The largest absolute Gasteiger partial charge is 0.493 e. The van der Waals surface area contributed by atoms with Gasteiger partial charge < -0.3 is 38.1 Å². The van der Waals surface area contributed by atoms with E-state index in [4.69, 9.17) is 33.2 Å². The third-order valence-electron chi connectivity index (χ3n) is 6.64. The predicted molar refractivity (Wildman–Crippen MR) is 142 cm³/mol. The second-order valence-electron chi connectivity index (χ2n) is 8.55. The monoisotopic (exact) mass is 523 g/mol. The van der Waals surface area contributed by atoms with Gasteiger partial charge in [-0.2, -0.15) is 0 Å². The number of ether oxygens (including phenoxy) is 7. The molecule has 0 fully saturated rings. The molecule has 1 aliphatic heterocycles. The van der Waals surface area contributed by atoms with Gasteiger partial charge in [-0.05, 0) is 53.9 Å². The number of hydrogen-bond acceptors (Lipinski definition) is 8. The highest BCUT2D eigenvalue weighted by molar-refractivity contribution is 5.96. The van der Waals surface area contributed by atoms with Gasteiger partial charge in [0.05, 0.1) is 48.7 Å². The van der Waals surface area contributed by atoms with Crippen molar-refractivity contribution >= 4 is 5.91 Å².